The minimum Gasteiger partial charge on any atom is -0.319 e. The number of imide groups is 1. The van der Waals surface area contributed by atoms with Crippen molar-refractivity contribution in [3.63, 3.8) is 0 Å². The van der Waals surface area contributed by atoms with E-state index in [0.29, 0.717) is 9.90 Å². The Balaban J connectivity index is 1.87. The lowest BCUT2D eigenvalue weighted by Crippen LogP contribution is -2.40. The summed E-state index contributed by atoms with van der Waals surface area (Å²) in [5.74, 6) is -0.411. The number of non-ortho nitro benzene ring substituents is 1. The van der Waals surface area contributed by atoms with Crippen molar-refractivity contribution in [1.29, 1.82) is 0 Å². The fourth-order valence-electron chi connectivity index (χ4n) is 2.55. The van der Waals surface area contributed by atoms with Crippen LogP contribution in [-0.2, 0) is 16.9 Å². The van der Waals surface area contributed by atoms with Crippen LogP contribution in [0.25, 0.3) is 0 Å². The first kappa shape index (κ1) is 16.4. The number of benzene rings is 1. The minimum atomic E-state index is -1.26. The van der Waals surface area contributed by atoms with Gasteiger partial charge in [-0.3, -0.25) is 19.8 Å². The average Bonchev–Trinajstić information content (AvgIpc) is 3.05. The number of nitrogens with one attached hydrogen (secondary N) is 1. The van der Waals surface area contributed by atoms with Gasteiger partial charge in [-0.1, -0.05) is 11.6 Å². The van der Waals surface area contributed by atoms with Crippen LogP contribution in [0.15, 0.2) is 36.4 Å². The molecule has 3 rings (SSSR count). The average molecular weight is 366 g/mol. The quantitative estimate of drug-likeness (QED) is 0.511. The molecule has 2 heterocycles. The highest BCUT2D eigenvalue weighted by atomic mass is 35.5. The zero-order valence-electron chi connectivity index (χ0n) is 12.5. The second-order valence-electron chi connectivity index (χ2n) is 5.46. The number of urea groups is 1. The Morgan fingerprint density at radius 3 is 2.46 bits per heavy atom. The summed E-state index contributed by atoms with van der Waals surface area (Å²) in [7, 11) is 0. The second-order valence-corrected chi connectivity index (χ2v) is 7.26. The van der Waals surface area contributed by atoms with Gasteiger partial charge in [0.15, 0.2) is 0 Å². The summed E-state index contributed by atoms with van der Waals surface area (Å²) in [6.45, 7) is 1.71. The molecule has 7 nitrogen and oxygen atoms in total. The van der Waals surface area contributed by atoms with Crippen LogP contribution in [0.5, 0.6) is 0 Å². The number of rotatable bonds is 4. The van der Waals surface area contributed by atoms with Crippen LogP contribution < -0.4 is 5.32 Å². The Morgan fingerprint density at radius 2 is 1.92 bits per heavy atom. The molecule has 1 atom stereocenters. The van der Waals surface area contributed by atoms with Gasteiger partial charge in [-0.05, 0) is 36.8 Å². The van der Waals surface area contributed by atoms with Gasteiger partial charge >= 0.3 is 6.03 Å². The van der Waals surface area contributed by atoms with E-state index in [9.17, 15) is 19.7 Å². The molecular formula is C15H12ClN3O4S. The highest BCUT2D eigenvalue weighted by Gasteiger charge is 2.49. The molecule has 9 heteroatoms. The van der Waals surface area contributed by atoms with Crippen LogP contribution in [0.3, 0.4) is 0 Å². The normalized spacial score (nSPS) is 20.3. The molecule has 1 N–H and O–H groups in total. The van der Waals surface area contributed by atoms with E-state index in [1.165, 1.54) is 35.6 Å². The van der Waals surface area contributed by atoms with E-state index in [2.05, 4.69) is 5.32 Å². The molecule has 1 aromatic heterocycles. The number of thiophene rings is 1. The summed E-state index contributed by atoms with van der Waals surface area (Å²) in [6, 6.07) is 8.52. The number of hydrogen-bond donors (Lipinski definition) is 1. The molecule has 1 fully saturated rings. The number of nitrogens with zero attached hydrogens (tertiary/aromatic N) is 2. The lowest BCUT2D eigenvalue weighted by atomic mass is 9.92. The molecule has 124 valence electrons. The molecule has 3 amide bonds. The maximum Gasteiger partial charge on any atom is 0.325 e. The highest BCUT2D eigenvalue weighted by molar-refractivity contribution is 7.16. The molecule has 0 aliphatic carbocycles. The Bertz CT molecular complexity index is 835. The molecule has 0 unspecified atom stereocenters. The molecule has 0 saturated carbocycles. The second kappa shape index (κ2) is 5.88. The van der Waals surface area contributed by atoms with Crippen molar-refractivity contribution >= 4 is 40.6 Å². The first-order valence-corrected chi connectivity index (χ1v) is 8.14. The number of carbonyl (C=O) groups excluding carboxylic acids is 2. The molecule has 1 saturated heterocycles. The fraction of sp³-hybridized carbons (Fsp3) is 0.200. The number of hydrogen-bond acceptors (Lipinski definition) is 5. The van der Waals surface area contributed by atoms with E-state index in [4.69, 9.17) is 11.6 Å². The van der Waals surface area contributed by atoms with Crippen molar-refractivity contribution in [2.45, 2.75) is 19.0 Å². The standard InChI is InChI=1S/C15H12ClN3O4S/c1-15(9-2-4-10(5-3-9)19(22)23)13(20)18(14(21)17-15)8-11-6-7-12(16)24-11/h2-7H,8H2,1H3,(H,17,21)/t15-/m1/s1. The van der Waals surface area contributed by atoms with Crippen LogP contribution in [0, 0.1) is 10.1 Å². The van der Waals surface area contributed by atoms with E-state index >= 15 is 0 Å². The molecule has 0 bridgehead atoms. The SMILES string of the molecule is C[C@]1(c2ccc([N+](=O)[O-])cc2)NC(=O)N(Cc2ccc(Cl)s2)C1=O. The van der Waals surface area contributed by atoms with Gasteiger partial charge in [-0.2, -0.15) is 0 Å². The Morgan fingerprint density at radius 1 is 1.25 bits per heavy atom. The molecule has 1 aliphatic heterocycles. The van der Waals surface area contributed by atoms with Crippen molar-refractivity contribution in [2.75, 3.05) is 0 Å². The molecular weight excluding hydrogens is 354 g/mol. The lowest BCUT2D eigenvalue weighted by Gasteiger charge is -2.22. The third-order valence-electron chi connectivity index (χ3n) is 3.87. The third kappa shape index (κ3) is 2.74. The summed E-state index contributed by atoms with van der Waals surface area (Å²) in [5, 5.41) is 13.4. The summed E-state index contributed by atoms with van der Waals surface area (Å²) in [6.07, 6.45) is 0. The van der Waals surface area contributed by atoms with Crippen molar-refractivity contribution < 1.29 is 14.5 Å². The fourth-order valence-corrected chi connectivity index (χ4v) is 3.62. The summed E-state index contributed by atoms with van der Waals surface area (Å²) >= 11 is 7.17. The largest absolute Gasteiger partial charge is 0.325 e. The minimum absolute atomic E-state index is 0.0794. The van der Waals surface area contributed by atoms with Gasteiger partial charge in [-0.15, -0.1) is 11.3 Å². The van der Waals surface area contributed by atoms with Crippen LogP contribution in [0.1, 0.15) is 17.4 Å². The topological polar surface area (TPSA) is 92.6 Å². The van der Waals surface area contributed by atoms with Gasteiger partial charge in [0.2, 0.25) is 0 Å². The number of nitro groups is 1. The maximum absolute atomic E-state index is 12.7. The zero-order valence-corrected chi connectivity index (χ0v) is 14.1. The lowest BCUT2D eigenvalue weighted by molar-refractivity contribution is -0.384. The van der Waals surface area contributed by atoms with E-state index in [0.717, 1.165) is 9.78 Å². The highest BCUT2D eigenvalue weighted by Crippen LogP contribution is 2.32. The van der Waals surface area contributed by atoms with Crippen LogP contribution >= 0.6 is 22.9 Å². The summed E-state index contributed by atoms with van der Waals surface area (Å²) in [5.41, 5.74) is -0.852. The maximum atomic E-state index is 12.7. The summed E-state index contributed by atoms with van der Waals surface area (Å²) in [4.78, 5) is 37.1. The van der Waals surface area contributed by atoms with E-state index in [1.54, 1.807) is 19.1 Å². The Hall–Kier alpha value is -2.45. The van der Waals surface area contributed by atoms with Gasteiger partial charge in [0.25, 0.3) is 11.6 Å². The number of nitro benzene ring substituents is 1. The van der Waals surface area contributed by atoms with Gasteiger partial charge in [0, 0.05) is 17.0 Å². The predicted octanol–water partition coefficient (Wildman–Crippen LogP) is 3.28. The van der Waals surface area contributed by atoms with E-state index < -0.39 is 22.4 Å². The molecule has 24 heavy (non-hydrogen) atoms. The first-order chi connectivity index (χ1) is 11.3. The first-order valence-electron chi connectivity index (χ1n) is 6.94. The van der Waals surface area contributed by atoms with Crippen molar-refractivity contribution in [3.05, 3.63) is 61.3 Å². The molecule has 1 aromatic carbocycles. The van der Waals surface area contributed by atoms with Crippen LogP contribution in [0.4, 0.5) is 10.5 Å². The molecule has 2 aromatic rings. The third-order valence-corrected chi connectivity index (χ3v) is 5.09. The Kier molecular flexibility index (Phi) is 4.02. The molecule has 1 aliphatic rings. The number of halogens is 1. The number of carbonyl (C=O) groups is 2. The molecule has 0 radical (unpaired) electrons. The van der Waals surface area contributed by atoms with E-state index in [1.807, 2.05) is 0 Å². The zero-order chi connectivity index (χ0) is 17.5. The smallest absolute Gasteiger partial charge is 0.319 e. The van der Waals surface area contributed by atoms with Crippen molar-refractivity contribution in [2.24, 2.45) is 0 Å². The van der Waals surface area contributed by atoms with Crippen LogP contribution in [-0.4, -0.2) is 21.8 Å². The van der Waals surface area contributed by atoms with Gasteiger partial charge in [-0.25, -0.2) is 4.79 Å². The molecule has 0 spiro atoms. The van der Waals surface area contributed by atoms with Crippen molar-refractivity contribution in [1.82, 2.24) is 10.2 Å². The van der Waals surface area contributed by atoms with Gasteiger partial charge in [0.1, 0.15) is 5.54 Å². The van der Waals surface area contributed by atoms with E-state index in [-0.39, 0.29) is 12.2 Å². The monoisotopic (exact) mass is 365 g/mol. The van der Waals surface area contributed by atoms with Gasteiger partial charge in [0.05, 0.1) is 15.8 Å². The van der Waals surface area contributed by atoms with Crippen LogP contribution in [0.2, 0.25) is 4.34 Å². The van der Waals surface area contributed by atoms with Crippen molar-refractivity contribution in [3.8, 4) is 0 Å². The summed E-state index contributed by atoms with van der Waals surface area (Å²) < 4.78 is 0.579. The number of amides is 3. The Labute approximate surface area is 146 Å². The van der Waals surface area contributed by atoms with Gasteiger partial charge < -0.3 is 5.32 Å². The predicted molar refractivity (Wildman–Crippen MR) is 88.9 cm³/mol.